The number of primary amides is 1. The molecule has 0 bridgehead atoms. The van der Waals surface area contributed by atoms with Gasteiger partial charge in [0.2, 0.25) is 5.91 Å². The Morgan fingerprint density at radius 1 is 1.33 bits per heavy atom. The fraction of sp³-hybridized carbons (Fsp3) is 0.562. The molecule has 5 heteroatoms. The first kappa shape index (κ1) is 16.1. The van der Waals surface area contributed by atoms with E-state index < -0.39 is 11.9 Å². The van der Waals surface area contributed by atoms with Crippen molar-refractivity contribution in [2.45, 2.75) is 50.6 Å². The van der Waals surface area contributed by atoms with Crippen molar-refractivity contribution in [2.75, 3.05) is 7.11 Å². The van der Waals surface area contributed by atoms with Crippen LogP contribution in [-0.2, 0) is 4.79 Å². The molecular weight excluding hydrogens is 288 g/mol. The Labute approximate surface area is 131 Å². The van der Waals surface area contributed by atoms with Crippen LogP contribution in [0.3, 0.4) is 0 Å². The van der Waals surface area contributed by atoms with E-state index in [1.165, 1.54) is 25.7 Å². The third-order valence-electron chi connectivity index (χ3n) is 4.06. The van der Waals surface area contributed by atoms with Crippen LogP contribution in [0.4, 0.5) is 0 Å². The van der Waals surface area contributed by atoms with Crippen molar-refractivity contribution in [3.8, 4) is 5.75 Å². The van der Waals surface area contributed by atoms with Gasteiger partial charge in [-0.1, -0.05) is 43.4 Å². The summed E-state index contributed by atoms with van der Waals surface area (Å²) in [4.78, 5) is 11.9. The Kier molecular flexibility index (Phi) is 5.88. The molecule has 2 rings (SSSR count). The highest BCUT2D eigenvalue weighted by atomic mass is 35.5. The number of methoxy groups -OCH3 is 1. The maximum atomic E-state index is 11.9. The van der Waals surface area contributed by atoms with Gasteiger partial charge in [0.05, 0.1) is 7.11 Å². The monoisotopic (exact) mass is 310 g/mol. The summed E-state index contributed by atoms with van der Waals surface area (Å²) in [7, 11) is 1.57. The topological polar surface area (TPSA) is 64.3 Å². The molecule has 1 atom stereocenters. The number of benzene rings is 1. The number of halogens is 1. The van der Waals surface area contributed by atoms with Crippen LogP contribution in [-0.4, -0.2) is 19.1 Å². The Bertz CT molecular complexity index is 485. The molecule has 0 heterocycles. The SMILES string of the molecule is COc1cccc(Cl)c1C(NC1CCCCCC1)C(N)=O. The van der Waals surface area contributed by atoms with Crippen LogP contribution in [0.1, 0.15) is 50.1 Å². The van der Waals surface area contributed by atoms with Gasteiger partial charge in [0.25, 0.3) is 0 Å². The lowest BCUT2D eigenvalue weighted by atomic mass is 10.0. The summed E-state index contributed by atoms with van der Waals surface area (Å²) >= 11 is 6.27. The lowest BCUT2D eigenvalue weighted by Crippen LogP contribution is -2.40. The average molecular weight is 311 g/mol. The zero-order valence-corrected chi connectivity index (χ0v) is 13.2. The molecule has 1 aliphatic carbocycles. The van der Waals surface area contributed by atoms with Crippen molar-refractivity contribution in [2.24, 2.45) is 5.73 Å². The summed E-state index contributed by atoms with van der Waals surface area (Å²) in [6, 6.07) is 5.03. The van der Waals surface area contributed by atoms with Crippen LogP contribution in [0.15, 0.2) is 18.2 Å². The number of nitrogens with two attached hydrogens (primary N) is 1. The van der Waals surface area contributed by atoms with Gasteiger partial charge in [0, 0.05) is 16.6 Å². The van der Waals surface area contributed by atoms with E-state index in [0.29, 0.717) is 22.4 Å². The van der Waals surface area contributed by atoms with Crippen LogP contribution >= 0.6 is 11.6 Å². The number of amides is 1. The second kappa shape index (κ2) is 7.66. The predicted molar refractivity (Wildman–Crippen MR) is 84.6 cm³/mol. The quantitative estimate of drug-likeness (QED) is 0.821. The summed E-state index contributed by atoms with van der Waals surface area (Å²) < 4.78 is 5.34. The third kappa shape index (κ3) is 4.11. The molecule has 0 aromatic heterocycles. The number of ether oxygens (including phenoxy) is 1. The average Bonchev–Trinajstić information content (AvgIpc) is 2.73. The van der Waals surface area contributed by atoms with Crippen LogP contribution in [0.25, 0.3) is 0 Å². The second-order valence-corrected chi connectivity index (χ2v) is 5.95. The minimum Gasteiger partial charge on any atom is -0.496 e. The number of hydrogen-bond acceptors (Lipinski definition) is 3. The molecule has 0 saturated heterocycles. The van der Waals surface area contributed by atoms with Gasteiger partial charge in [0.15, 0.2) is 0 Å². The standard InChI is InChI=1S/C16H23ClN2O2/c1-21-13-10-6-9-12(17)14(13)15(16(18)20)19-11-7-4-2-3-5-8-11/h6,9-11,15,19H,2-5,7-8H2,1H3,(H2,18,20). The Morgan fingerprint density at radius 3 is 2.57 bits per heavy atom. The molecule has 4 nitrogen and oxygen atoms in total. The van der Waals surface area contributed by atoms with E-state index in [1.807, 2.05) is 0 Å². The van der Waals surface area contributed by atoms with Crippen LogP contribution in [0, 0.1) is 0 Å². The largest absolute Gasteiger partial charge is 0.496 e. The normalized spacial score (nSPS) is 18.0. The molecule has 0 aliphatic heterocycles. The minimum absolute atomic E-state index is 0.297. The van der Waals surface area contributed by atoms with Crippen molar-refractivity contribution < 1.29 is 9.53 Å². The molecule has 1 aliphatic rings. The molecule has 0 radical (unpaired) electrons. The maximum absolute atomic E-state index is 11.9. The van der Waals surface area contributed by atoms with Gasteiger partial charge in [-0.2, -0.15) is 0 Å². The molecule has 21 heavy (non-hydrogen) atoms. The third-order valence-corrected chi connectivity index (χ3v) is 4.39. The Hall–Kier alpha value is -1.26. The van der Waals surface area contributed by atoms with E-state index in [0.717, 1.165) is 12.8 Å². The molecule has 1 saturated carbocycles. The predicted octanol–water partition coefficient (Wildman–Crippen LogP) is 3.19. The summed E-state index contributed by atoms with van der Waals surface area (Å²) in [5.41, 5.74) is 6.24. The molecule has 1 amide bonds. The highest BCUT2D eigenvalue weighted by Gasteiger charge is 2.27. The molecule has 1 aromatic carbocycles. The number of nitrogens with one attached hydrogen (secondary N) is 1. The maximum Gasteiger partial charge on any atom is 0.239 e. The molecular formula is C16H23ClN2O2. The fourth-order valence-corrected chi connectivity index (χ4v) is 3.24. The van der Waals surface area contributed by atoms with Gasteiger partial charge in [-0.15, -0.1) is 0 Å². The van der Waals surface area contributed by atoms with Crippen molar-refractivity contribution >= 4 is 17.5 Å². The summed E-state index contributed by atoms with van der Waals surface area (Å²) in [6.07, 6.45) is 7.02. The van der Waals surface area contributed by atoms with E-state index in [9.17, 15) is 4.79 Å². The van der Waals surface area contributed by atoms with E-state index in [-0.39, 0.29) is 0 Å². The summed E-state index contributed by atoms with van der Waals surface area (Å²) in [5, 5.41) is 3.89. The molecule has 3 N–H and O–H groups in total. The van der Waals surface area contributed by atoms with Gasteiger partial charge < -0.3 is 10.5 Å². The van der Waals surface area contributed by atoms with Gasteiger partial charge in [-0.3, -0.25) is 10.1 Å². The van der Waals surface area contributed by atoms with Crippen molar-refractivity contribution in [1.82, 2.24) is 5.32 Å². The highest BCUT2D eigenvalue weighted by Crippen LogP contribution is 2.33. The second-order valence-electron chi connectivity index (χ2n) is 5.55. The lowest BCUT2D eigenvalue weighted by molar-refractivity contribution is -0.120. The number of rotatable bonds is 5. The minimum atomic E-state index is -0.614. The van der Waals surface area contributed by atoms with E-state index in [4.69, 9.17) is 22.1 Å². The van der Waals surface area contributed by atoms with Gasteiger partial charge in [-0.05, 0) is 25.0 Å². The van der Waals surface area contributed by atoms with E-state index in [2.05, 4.69) is 5.32 Å². The lowest BCUT2D eigenvalue weighted by Gasteiger charge is -2.25. The van der Waals surface area contributed by atoms with Gasteiger partial charge >= 0.3 is 0 Å². The number of hydrogen-bond donors (Lipinski definition) is 2. The molecule has 116 valence electrons. The van der Waals surface area contributed by atoms with Crippen molar-refractivity contribution in [3.05, 3.63) is 28.8 Å². The van der Waals surface area contributed by atoms with Crippen molar-refractivity contribution in [1.29, 1.82) is 0 Å². The summed E-state index contributed by atoms with van der Waals surface area (Å²) in [5.74, 6) is 0.165. The number of carbonyl (C=O) groups is 1. The Balaban J connectivity index is 2.24. The van der Waals surface area contributed by atoms with Crippen LogP contribution in [0.5, 0.6) is 5.75 Å². The first-order valence-electron chi connectivity index (χ1n) is 7.51. The summed E-state index contributed by atoms with van der Waals surface area (Å²) in [6.45, 7) is 0. The van der Waals surface area contributed by atoms with Crippen molar-refractivity contribution in [3.63, 3.8) is 0 Å². The molecule has 0 spiro atoms. The molecule has 1 fully saturated rings. The smallest absolute Gasteiger partial charge is 0.239 e. The van der Waals surface area contributed by atoms with Gasteiger partial charge in [0.1, 0.15) is 11.8 Å². The van der Waals surface area contributed by atoms with E-state index >= 15 is 0 Å². The van der Waals surface area contributed by atoms with Crippen LogP contribution < -0.4 is 15.8 Å². The molecule has 1 aromatic rings. The zero-order chi connectivity index (χ0) is 15.2. The van der Waals surface area contributed by atoms with Crippen LogP contribution in [0.2, 0.25) is 5.02 Å². The first-order chi connectivity index (χ1) is 10.1. The number of carbonyl (C=O) groups excluding carboxylic acids is 1. The van der Waals surface area contributed by atoms with E-state index in [1.54, 1.807) is 25.3 Å². The zero-order valence-electron chi connectivity index (χ0n) is 12.4. The molecule has 1 unspecified atom stereocenters. The van der Waals surface area contributed by atoms with Gasteiger partial charge in [-0.25, -0.2) is 0 Å². The Morgan fingerprint density at radius 2 is 2.00 bits per heavy atom. The fourth-order valence-electron chi connectivity index (χ4n) is 2.96. The highest BCUT2D eigenvalue weighted by molar-refractivity contribution is 6.31. The first-order valence-corrected chi connectivity index (χ1v) is 7.89.